The molecule has 1 heterocycles. The second-order valence-electron chi connectivity index (χ2n) is 4.26. The lowest BCUT2D eigenvalue weighted by Crippen LogP contribution is -2.25. The second kappa shape index (κ2) is 4.20. The summed E-state index contributed by atoms with van der Waals surface area (Å²) in [6, 6.07) is 9.77. The Balaban J connectivity index is 2.23. The summed E-state index contributed by atoms with van der Waals surface area (Å²) in [6.45, 7) is 1.49. The first-order valence-corrected chi connectivity index (χ1v) is 6.52. The fourth-order valence-electron chi connectivity index (χ4n) is 2.13. The first kappa shape index (κ1) is 11.9. The summed E-state index contributed by atoms with van der Waals surface area (Å²) in [5.41, 5.74) is 1.49. The van der Waals surface area contributed by atoms with Crippen molar-refractivity contribution < 1.29 is 15.0 Å². The summed E-state index contributed by atoms with van der Waals surface area (Å²) >= 11 is 1.42. The van der Waals surface area contributed by atoms with Gasteiger partial charge in [-0.05, 0) is 36.4 Å². The number of phenols is 2. The minimum absolute atomic E-state index is 0.112. The zero-order valence-electron chi connectivity index (χ0n) is 10.1. The Labute approximate surface area is 114 Å². The standard InChI is InChI=1S/C14H11NO3S/c1-8(16)15-11-4-2-9(17)6-13(11)19-14-7-10(18)3-5-12(14)15/h2-7,17-18H,1H3. The molecule has 19 heavy (non-hydrogen) atoms. The number of anilines is 2. The van der Waals surface area contributed by atoms with Crippen molar-refractivity contribution in [2.75, 3.05) is 4.90 Å². The van der Waals surface area contributed by atoms with Crippen LogP contribution in [0.2, 0.25) is 0 Å². The number of amides is 1. The normalized spacial score (nSPS) is 12.8. The average molecular weight is 273 g/mol. The summed E-state index contributed by atoms with van der Waals surface area (Å²) in [6.07, 6.45) is 0. The molecule has 0 aromatic heterocycles. The fraction of sp³-hybridized carbons (Fsp3) is 0.0714. The lowest BCUT2D eigenvalue weighted by Gasteiger charge is -2.30. The van der Waals surface area contributed by atoms with Crippen LogP contribution in [0.15, 0.2) is 46.2 Å². The first-order chi connectivity index (χ1) is 9.06. The molecule has 96 valence electrons. The van der Waals surface area contributed by atoms with E-state index in [1.54, 1.807) is 41.3 Å². The molecule has 0 radical (unpaired) electrons. The Bertz CT molecular complexity index is 633. The molecule has 5 heteroatoms. The lowest BCUT2D eigenvalue weighted by atomic mass is 10.2. The molecule has 0 aliphatic carbocycles. The van der Waals surface area contributed by atoms with E-state index in [9.17, 15) is 15.0 Å². The zero-order chi connectivity index (χ0) is 13.6. The van der Waals surface area contributed by atoms with Gasteiger partial charge in [-0.15, -0.1) is 0 Å². The van der Waals surface area contributed by atoms with Gasteiger partial charge in [-0.1, -0.05) is 11.8 Å². The van der Waals surface area contributed by atoms with Crippen LogP contribution >= 0.6 is 11.8 Å². The summed E-state index contributed by atoms with van der Waals surface area (Å²) in [7, 11) is 0. The summed E-state index contributed by atoms with van der Waals surface area (Å²) in [5.74, 6) is 0.191. The van der Waals surface area contributed by atoms with E-state index in [4.69, 9.17) is 0 Å². The van der Waals surface area contributed by atoms with E-state index in [1.165, 1.54) is 18.7 Å². The first-order valence-electron chi connectivity index (χ1n) is 5.71. The minimum Gasteiger partial charge on any atom is -0.508 e. The van der Waals surface area contributed by atoms with E-state index < -0.39 is 0 Å². The Morgan fingerprint density at radius 1 is 1.00 bits per heavy atom. The molecular weight excluding hydrogens is 262 g/mol. The molecule has 0 atom stereocenters. The number of fused-ring (bicyclic) bond motifs is 2. The second-order valence-corrected chi connectivity index (χ2v) is 5.34. The monoisotopic (exact) mass is 273 g/mol. The van der Waals surface area contributed by atoms with Crippen molar-refractivity contribution in [3.05, 3.63) is 36.4 Å². The van der Waals surface area contributed by atoms with Crippen LogP contribution in [0.5, 0.6) is 11.5 Å². The maximum Gasteiger partial charge on any atom is 0.228 e. The van der Waals surface area contributed by atoms with E-state index >= 15 is 0 Å². The largest absolute Gasteiger partial charge is 0.508 e. The van der Waals surface area contributed by atoms with Crippen molar-refractivity contribution in [1.29, 1.82) is 0 Å². The highest BCUT2D eigenvalue weighted by Crippen LogP contribution is 2.49. The molecule has 2 N–H and O–H groups in total. The maximum absolute atomic E-state index is 11.9. The molecule has 1 amide bonds. The molecule has 0 unspecified atom stereocenters. The summed E-state index contributed by atoms with van der Waals surface area (Å²) < 4.78 is 0. The topological polar surface area (TPSA) is 60.8 Å². The number of carbonyl (C=O) groups excluding carboxylic acids is 1. The zero-order valence-corrected chi connectivity index (χ0v) is 10.9. The molecule has 0 fully saturated rings. The van der Waals surface area contributed by atoms with Crippen molar-refractivity contribution in [3.63, 3.8) is 0 Å². The van der Waals surface area contributed by atoms with Crippen LogP contribution in [0.3, 0.4) is 0 Å². The summed E-state index contributed by atoms with van der Waals surface area (Å²) in [5, 5.41) is 19.1. The van der Waals surface area contributed by atoms with Gasteiger partial charge in [0.25, 0.3) is 0 Å². The smallest absolute Gasteiger partial charge is 0.228 e. The van der Waals surface area contributed by atoms with Crippen LogP contribution in [0.25, 0.3) is 0 Å². The van der Waals surface area contributed by atoms with E-state index in [0.29, 0.717) is 0 Å². The number of hydrogen-bond donors (Lipinski definition) is 2. The fourth-order valence-corrected chi connectivity index (χ4v) is 3.25. The van der Waals surface area contributed by atoms with Gasteiger partial charge < -0.3 is 10.2 Å². The van der Waals surface area contributed by atoms with E-state index in [2.05, 4.69) is 0 Å². The Morgan fingerprint density at radius 3 is 1.89 bits per heavy atom. The Kier molecular flexibility index (Phi) is 2.64. The highest BCUT2D eigenvalue weighted by Gasteiger charge is 2.26. The molecule has 0 spiro atoms. The van der Waals surface area contributed by atoms with Gasteiger partial charge >= 0.3 is 0 Å². The predicted octanol–water partition coefficient (Wildman–Crippen LogP) is 3.25. The van der Waals surface area contributed by atoms with Crippen LogP contribution in [-0.2, 0) is 4.79 Å². The van der Waals surface area contributed by atoms with Crippen LogP contribution < -0.4 is 4.90 Å². The number of benzene rings is 2. The number of phenolic OH excluding ortho intramolecular Hbond substituents is 2. The van der Waals surface area contributed by atoms with Gasteiger partial charge in [0, 0.05) is 16.7 Å². The molecule has 0 saturated heterocycles. The molecular formula is C14H11NO3S. The van der Waals surface area contributed by atoms with Gasteiger partial charge in [-0.25, -0.2) is 0 Å². The van der Waals surface area contributed by atoms with Crippen molar-refractivity contribution in [2.45, 2.75) is 16.7 Å². The summed E-state index contributed by atoms with van der Waals surface area (Å²) in [4.78, 5) is 15.0. The molecule has 4 nitrogen and oxygen atoms in total. The highest BCUT2D eigenvalue weighted by atomic mass is 32.2. The minimum atomic E-state index is -0.112. The van der Waals surface area contributed by atoms with E-state index in [-0.39, 0.29) is 17.4 Å². The third kappa shape index (κ3) is 1.92. The SMILES string of the molecule is CC(=O)N1c2ccc(O)cc2Sc2cc(O)ccc21. The van der Waals surface area contributed by atoms with Crippen molar-refractivity contribution in [2.24, 2.45) is 0 Å². The maximum atomic E-state index is 11.9. The van der Waals surface area contributed by atoms with Crippen molar-refractivity contribution >= 4 is 29.0 Å². The Morgan fingerprint density at radius 2 is 1.47 bits per heavy atom. The Hall–Kier alpha value is -2.14. The van der Waals surface area contributed by atoms with Crippen molar-refractivity contribution in [1.82, 2.24) is 0 Å². The molecule has 1 aliphatic rings. The molecule has 2 aromatic rings. The van der Waals surface area contributed by atoms with Gasteiger partial charge in [0.15, 0.2) is 0 Å². The number of nitrogens with zero attached hydrogens (tertiary/aromatic N) is 1. The number of hydrogen-bond acceptors (Lipinski definition) is 4. The third-order valence-electron chi connectivity index (χ3n) is 2.90. The van der Waals surface area contributed by atoms with E-state index in [0.717, 1.165) is 21.2 Å². The van der Waals surface area contributed by atoms with Gasteiger partial charge in [0.2, 0.25) is 5.91 Å². The number of aromatic hydroxyl groups is 2. The number of carbonyl (C=O) groups is 1. The predicted molar refractivity (Wildman–Crippen MR) is 73.2 cm³/mol. The molecule has 3 rings (SSSR count). The van der Waals surface area contributed by atoms with E-state index in [1.807, 2.05) is 0 Å². The molecule has 2 aromatic carbocycles. The van der Waals surface area contributed by atoms with Crippen LogP contribution in [0, 0.1) is 0 Å². The van der Waals surface area contributed by atoms with Crippen LogP contribution in [0.4, 0.5) is 11.4 Å². The number of rotatable bonds is 0. The highest BCUT2D eigenvalue weighted by molar-refractivity contribution is 7.99. The molecule has 0 bridgehead atoms. The van der Waals surface area contributed by atoms with Crippen LogP contribution in [0.1, 0.15) is 6.92 Å². The van der Waals surface area contributed by atoms with Crippen molar-refractivity contribution in [3.8, 4) is 11.5 Å². The van der Waals surface area contributed by atoms with Gasteiger partial charge in [-0.2, -0.15) is 0 Å². The lowest BCUT2D eigenvalue weighted by molar-refractivity contribution is -0.115. The molecule has 1 aliphatic heterocycles. The van der Waals surface area contributed by atoms with Gasteiger partial charge in [-0.3, -0.25) is 9.69 Å². The van der Waals surface area contributed by atoms with Gasteiger partial charge in [0.1, 0.15) is 11.5 Å². The third-order valence-corrected chi connectivity index (χ3v) is 4.00. The molecule has 0 saturated carbocycles. The quantitative estimate of drug-likeness (QED) is 0.773. The average Bonchev–Trinajstić information content (AvgIpc) is 2.35. The van der Waals surface area contributed by atoms with Gasteiger partial charge in [0.05, 0.1) is 11.4 Å². The van der Waals surface area contributed by atoms with Crippen LogP contribution in [-0.4, -0.2) is 16.1 Å².